The van der Waals surface area contributed by atoms with Crippen molar-refractivity contribution in [3.05, 3.63) is 28.3 Å². The van der Waals surface area contributed by atoms with E-state index >= 15 is 0 Å². The van der Waals surface area contributed by atoms with Crippen molar-refractivity contribution in [2.24, 2.45) is 0 Å². The van der Waals surface area contributed by atoms with Gasteiger partial charge in [-0.2, -0.15) is 0 Å². The van der Waals surface area contributed by atoms with E-state index in [4.69, 9.17) is 0 Å². The van der Waals surface area contributed by atoms with Gasteiger partial charge < -0.3 is 15.5 Å². The van der Waals surface area contributed by atoms with Crippen LogP contribution >= 0.6 is 0 Å². The minimum Gasteiger partial charge on any atom is -0.385 e. The van der Waals surface area contributed by atoms with Crippen LogP contribution in [0.25, 0.3) is 0 Å². The lowest BCUT2D eigenvalue weighted by atomic mass is 10.2. The van der Waals surface area contributed by atoms with Crippen molar-refractivity contribution in [3.8, 4) is 0 Å². The summed E-state index contributed by atoms with van der Waals surface area (Å²) in [4.78, 5) is 12.7. The number of nitro groups is 1. The largest absolute Gasteiger partial charge is 0.385 e. The molecular formula is C14H24N4O2. The van der Waals surface area contributed by atoms with Crippen molar-refractivity contribution in [1.82, 2.24) is 4.90 Å². The van der Waals surface area contributed by atoms with Crippen molar-refractivity contribution in [1.29, 1.82) is 0 Å². The number of rotatable bonds is 8. The van der Waals surface area contributed by atoms with Gasteiger partial charge in [-0.1, -0.05) is 6.92 Å². The van der Waals surface area contributed by atoms with Crippen molar-refractivity contribution in [3.63, 3.8) is 0 Å². The Labute approximate surface area is 120 Å². The van der Waals surface area contributed by atoms with Crippen LogP contribution in [-0.2, 0) is 0 Å². The van der Waals surface area contributed by atoms with E-state index in [-0.39, 0.29) is 16.7 Å². The van der Waals surface area contributed by atoms with Crippen molar-refractivity contribution >= 4 is 17.1 Å². The molecule has 0 bridgehead atoms. The first-order valence-corrected chi connectivity index (χ1v) is 6.87. The maximum atomic E-state index is 11.0. The van der Waals surface area contributed by atoms with Gasteiger partial charge in [-0.25, -0.2) is 0 Å². The molecule has 1 unspecified atom stereocenters. The Bertz CT molecular complexity index is 449. The van der Waals surface area contributed by atoms with Crippen LogP contribution in [0.1, 0.15) is 20.3 Å². The van der Waals surface area contributed by atoms with E-state index in [2.05, 4.69) is 29.4 Å². The average Bonchev–Trinajstić information content (AvgIpc) is 2.34. The molecule has 0 fully saturated rings. The Morgan fingerprint density at radius 1 is 1.30 bits per heavy atom. The summed E-state index contributed by atoms with van der Waals surface area (Å²) >= 11 is 0. The maximum Gasteiger partial charge on any atom is 0.273 e. The van der Waals surface area contributed by atoms with E-state index in [1.54, 1.807) is 12.1 Å². The average molecular weight is 280 g/mol. The van der Waals surface area contributed by atoms with Crippen LogP contribution in [0.3, 0.4) is 0 Å². The number of non-ortho nitro benzene ring substituents is 1. The van der Waals surface area contributed by atoms with Crippen LogP contribution in [0.15, 0.2) is 18.2 Å². The highest BCUT2D eigenvalue weighted by Crippen LogP contribution is 2.25. The molecule has 0 saturated heterocycles. The smallest absolute Gasteiger partial charge is 0.273 e. The number of hydrogen-bond acceptors (Lipinski definition) is 5. The fraction of sp³-hybridized carbons (Fsp3) is 0.571. The Balaban J connectivity index is 2.87. The van der Waals surface area contributed by atoms with E-state index in [9.17, 15) is 10.1 Å². The molecule has 0 heterocycles. The van der Waals surface area contributed by atoms with E-state index in [1.165, 1.54) is 0 Å². The summed E-state index contributed by atoms with van der Waals surface area (Å²) in [6.45, 7) is 5.77. The van der Waals surface area contributed by atoms with E-state index < -0.39 is 0 Å². The van der Waals surface area contributed by atoms with Crippen LogP contribution in [-0.4, -0.2) is 43.0 Å². The van der Waals surface area contributed by atoms with Gasteiger partial charge in [0.2, 0.25) is 0 Å². The van der Waals surface area contributed by atoms with Crippen molar-refractivity contribution in [2.75, 3.05) is 37.8 Å². The second kappa shape index (κ2) is 7.69. The van der Waals surface area contributed by atoms with Gasteiger partial charge in [0, 0.05) is 42.6 Å². The predicted octanol–water partition coefficient (Wildman–Crippen LogP) is 2.78. The van der Waals surface area contributed by atoms with Crippen LogP contribution in [0.4, 0.5) is 17.1 Å². The Kier molecular flexibility index (Phi) is 6.24. The molecule has 0 aromatic heterocycles. The molecule has 1 aromatic rings. The zero-order valence-corrected chi connectivity index (χ0v) is 12.6. The van der Waals surface area contributed by atoms with Gasteiger partial charge in [-0.3, -0.25) is 10.1 Å². The second-order valence-electron chi connectivity index (χ2n) is 5.26. The molecule has 1 rings (SSSR count). The first-order valence-electron chi connectivity index (χ1n) is 6.87. The summed E-state index contributed by atoms with van der Waals surface area (Å²) in [6, 6.07) is 5.27. The Morgan fingerprint density at radius 2 is 1.95 bits per heavy atom. The number of nitro benzene ring substituents is 1. The summed E-state index contributed by atoms with van der Waals surface area (Å²) in [6.07, 6.45) is 0.975. The predicted molar refractivity (Wildman–Crippen MR) is 83.5 cm³/mol. The maximum absolute atomic E-state index is 11.0. The second-order valence-corrected chi connectivity index (χ2v) is 5.26. The van der Waals surface area contributed by atoms with Gasteiger partial charge in [0.25, 0.3) is 5.69 Å². The summed E-state index contributed by atoms with van der Waals surface area (Å²) in [5.41, 5.74) is 1.65. The molecular weight excluding hydrogens is 256 g/mol. The fourth-order valence-electron chi connectivity index (χ4n) is 2.05. The standard InChI is InChI=1S/C14H24N4O2/c1-5-6-15-12-7-13(9-14(8-12)18(19)20)16-11(2)10-17(3)4/h7-9,11,15-16H,5-6,10H2,1-4H3. The fourth-order valence-corrected chi connectivity index (χ4v) is 2.05. The number of anilines is 2. The number of likely N-dealkylation sites (N-methyl/N-ethyl adjacent to an activating group) is 1. The van der Waals surface area contributed by atoms with Gasteiger partial charge in [0.15, 0.2) is 0 Å². The third kappa shape index (κ3) is 5.44. The highest BCUT2D eigenvalue weighted by Gasteiger charge is 2.11. The minimum atomic E-state index is -0.362. The third-order valence-corrected chi connectivity index (χ3v) is 2.76. The molecule has 20 heavy (non-hydrogen) atoms. The molecule has 0 aliphatic carbocycles. The zero-order valence-electron chi connectivity index (χ0n) is 12.6. The summed E-state index contributed by atoms with van der Waals surface area (Å²) in [5.74, 6) is 0. The van der Waals surface area contributed by atoms with Gasteiger partial charge in [0.05, 0.1) is 4.92 Å². The molecule has 2 N–H and O–H groups in total. The molecule has 0 aliphatic heterocycles. The van der Waals surface area contributed by atoms with Crippen molar-refractivity contribution < 1.29 is 4.92 Å². The van der Waals surface area contributed by atoms with Crippen LogP contribution in [0.2, 0.25) is 0 Å². The Hall–Kier alpha value is -1.82. The van der Waals surface area contributed by atoms with Gasteiger partial charge >= 0.3 is 0 Å². The lowest BCUT2D eigenvalue weighted by Gasteiger charge is -2.20. The van der Waals surface area contributed by atoms with Gasteiger partial charge in [0.1, 0.15) is 0 Å². The molecule has 6 nitrogen and oxygen atoms in total. The minimum absolute atomic E-state index is 0.102. The molecule has 0 aliphatic rings. The SMILES string of the molecule is CCCNc1cc(NC(C)CN(C)C)cc([N+](=O)[O-])c1. The highest BCUT2D eigenvalue weighted by molar-refractivity contribution is 5.63. The first-order chi connectivity index (χ1) is 9.42. The molecule has 1 atom stereocenters. The quantitative estimate of drug-likeness (QED) is 0.566. The molecule has 0 spiro atoms. The molecule has 1 aromatic carbocycles. The normalized spacial score (nSPS) is 12.2. The molecule has 0 amide bonds. The van der Waals surface area contributed by atoms with Gasteiger partial charge in [-0.15, -0.1) is 0 Å². The lowest BCUT2D eigenvalue weighted by Crippen LogP contribution is -2.29. The first kappa shape index (κ1) is 16.2. The van der Waals surface area contributed by atoms with E-state index in [0.29, 0.717) is 0 Å². The lowest BCUT2D eigenvalue weighted by molar-refractivity contribution is -0.384. The number of nitrogens with zero attached hydrogens (tertiary/aromatic N) is 2. The molecule has 112 valence electrons. The molecule has 6 heteroatoms. The topological polar surface area (TPSA) is 70.4 Å². The van der Waals surface area contributed by atoms with Gasteiger partial charge in [-0.05, 0) is 33.5 Å². The number of benzene rings is 1. The van der Waals surface area contributed by atoms with Crippen LogP contribution in [0, 0.1) is 10.1 Å². The third-order valence-electron chi connectivity index (χ3n) is 2.76. The Morgan fingerprint density at radius 3 is 2.50 bits per heavy atom. The van der Waals surface area contributed by atoms with E-state index in [1.807, 2.05) is 20.2 Å². The van der Waals surface area contributed by atoms with Crippen LogP contribution in [0.5, 0.6) is 0 Å². The summed E-state index contributed by atoms with van der Waals surface area (Å²) < 4.78 is 0. The number of hydrogen-bond donors (Lipinski definition) is 2. The monoisotopic (exact) mass is 280 g/mol. The molecule has 0 radical (unpaired) electrons. The highest BCUT2D eigenvalue weighted by atomic mass is 16.6. The zero-order chi connectivity index (χ0) is 15.1. The summed E-state index contributed by atoms with van der Waals surface area (Å²) in [7, 11) is 4.00. The van der Waals surface area contributed by atoms with Crippen molar-refractivity contribution in [2.45, 2.75) is 26.3 Å². The van der Waals surface area contributed by atoms with E-state index in [0.717, 1.165) is 30.9 Å². The number of nitrogens with one attached hydrogen (secondary N) is 2. The van der Waals surface area contributed by atoms with Crippen LogP contribution < -0.4 is 10.6 Å². The summed E-state index contributed by atoms with van der Waals surface area (Å²) in [5, 5.41) is 17.5. The molecule has 0 saturated carbocycles.